The monoisotopic (exact) mass is 293 g/mol. The van der Waals surface area contributed by atoms with E-state index in [-0.39, 0.29) is 0 Å². The summed E-state index contributed by atoms with van der Waals surface area (Å²) in [4.78, 5) is 0. The second-order valence-electron chi connectivity index (χ2n) is 6.73. The Bertz CT molecular complexity index is 509. The highest BCUT2D eigenvalue weighted by Crippen LogP contribution is 2.28. The summed E-state index contributed by atoms with van der Waals surface area (Å²) >= 11 is 0. The summed E-state index contributed by atoms with van der Waals surface area (Å²) in [5, 5.41) is 3.78. The number of rotatable bonds is 6. The van der Waals surface area contributed by atoms with Gasteiger partial charge in [0.05, 0.1) is 0 Å². The second-order valence-corrected chi connectivity index (χ2v) is 6.73. The van der Waals surface area contributed by atoms with Crippen LogP contribution in [0.25, 0.3) is 0 Å². The van der Waals surface area contributed by atoms with Gasteiger partial charge in [0.25, 0.3) is 0 Å². The zero-order valence-electron chi connectivity index (χ0n) is 13.5. The highest BCUT2D eigenvalue weighted by molar-refractivity contribution is 5.32. The van der Waals surface area contributed by atoms with Crippen molar-refractivity contribution in [1.82, 2.24) is 5.32 Å². The minimum atomic E-state index is 0.494. The van der Waals surface area contributed by atoms with Crippen LogP contribution in [0.15, 0.2) is 60.7 Å². The van der Waals surface area contributed by atoms with Crippen LogP contribution in [-0.2, 0) is 0 Å². The number of benzene rings is 2. The maximum atomic E-state index is 3.78. The lowest BCUT2D eigenvalue weighted by molar-refractivity contribution is 0.487. The summed E-state index contributed by atoms with van der Waals surface area (Å²) in [5.41, 5.74) is 2.85. The van der Waals surface area contributed by atoms with Crippen molar-refractivity contribution in [3.05, 3.63) is 71.8 Å². The van der Waals surface area contributed by atoms with Crippen molar-refractivity contribution in [3.8, 4) is 0 Å². The van der Waals surface area contributed by atoms with Gasteiger partial charge in [-0.05, 0) is 49.3 Å². The van der Waals surface area contributed by atoms with Crippen LogP contribution in [-0.4, -0.2) is 12.6 Å². The summed E-state index contributed by atoms with van der Waals surface area (Å²) < 4.78 is 0. The molecule has 22 heavy (non-hydrogen) atoms. The van der Waals surface area contributed by atoms with E-state index in [1.807, 2.05) is 0 Å². The topological polar surface area (TPSA) is 12.0 Å². The first-order valence-electron chi connectivity index (χ1n) is 8.66. The van der Waals surface area contributed by atoms with E-state index in [0.29, 0.717) is 5.92 Å². The van der Waals surface area contributed by atoms with Crippen molar-refractivity contribution in [2.45, 2.75) is 44.6 Å². The first kappa shape index (κ1) is 15.3. The van der Waals surface area contributed by atoms with Gasteiger partial charge < -0.3 is 5.32 Å². The Balaban J connectivity index is 1.64. The van der Waals surface area contributed by atoms with E-state index in [1.54, 1.807) is 0 Å². The summed E-state index contributed by atoms with van der Waals surface area (Å²) in [6.45, 7) is 3.48. The lowest BCUT2D eigenvalue weighted by Gasteiger charge is -2.20. The summed E-state index contributed by atoms with van der Waals surface area (Å²) in [6.07, 6.45) is 5.25. The Hall–Kier alpha value is -1.60. The zero-order chi connectivity index (χ0) is 15.2. The standard InChI is InChI=1S/C21H27N/c1-17-12-13-20(16-17)22-15-14-21(18-8-4-2-5-9-18)19-10-6-3-7-11-19/h2-11,17,20-22H,12-16H2,1H3/t17?,20-/m0/s1. The molecule has 0 heterocycles. The highest BCUT2D eigenvalue weighted by Gasteiger charge is 2.21. The molecule has 0 bridgehead atoms. The van der Waals surface area contributed by atoms with Gasteiger partial charge in [0.2, 0.25) is 0 Å². The third-order valence-electron chi connectivity index (χ3n) is 4.96. The Morgan fingerprint density at radius 1 is 0.909 bits per heavy atom. The van der Waals surface area contributed by atoms with Gasteiger partial charge in [-0.1, -0.05) is 67.6 Å². The van der Waals surface area contributed by atoms with Gasteiger partial charge in [-0.25, -0.2) is 0 Å². The molecule has 1 unspecified atom stereocenters. The quantitative estimate of drug-likeness (QED) is 0.791. The van der Waals surface area contributed by atoms with Crippen molar-refractivity contribution < 1.29 is 0 Å². The average Bonchev–Trinajstić information content (AvgIpc) is 2.99. The van der Waals surface area contributed by atoms with Gasteiger partial charge in [0.1, 0.15) is 0 Å². The average molecular weight is 293 g/mol. The molecule has 1 aliphatic carbocycles. The van der Waals surface area contributed by atoms with E-state index < -0.39 is 0 Å². The molecule has 1 nitrogen and oxygen atoms in total. The molecule has 2 atom stereocenters. The van der Waals surface area contributed by atoms with Crippen LogP contribution < -0.4 is 5.32 Å². The Morgan fingerprint density at radius 3 is 2.00 bits per heavy atom. The van der Waals surface area contributed by atoms with Gasteiger partial charge in [-0.2, -0.15) is 0 Å². The van der Waals surface area contributed by atoms with Crippen molar-refractivity contribution >= 4 is 0 Å². The molecule has 3 rings (SSSR count). The lowest BCUT2D eigenvalue weighted by Crippen LogP contribution is -2.28. The Morgan fingerprint density at radius 2 is 1.50 bits per heavy atom. The van der Waals surface area contributed by atoms with Crippen LogP contribution in [0.3, 0.4) is 0 Å². The van der Waals surface area contributed by atoms with E-state index in [9.17, 15) is 0 Å². The summed E-state index contributed by atoms with van der Waals surface area (Å²) in [7, 11) is 0. The largest absolute Gasteiger partial charge is 0.314 e. The third kappa shape index (κ3) is 3.98. The first-order valence-corrected chi connectivity index (χ1v) is 8.66. The molecule has 1 heteroatoms. The van der Waals surface area contributed by atoms with Crippen LogP contribution >= 0.6 is 0 Å². The first-order chi connectivity index (χ1) is 10.8. The van der Waals surface area contributed by atoms with E-state index in [4.69, 9.17) is 0 Å². The smallest absolute Gasteiger partial charge is 0.0101 e. The maximum Gasteiger partial charge on any atom is 0.0101 e. The molecule has 1 fully saturated rings. The van der Waals surface area contributed by atoms with Gasteiger partial charge in [0, 0.05) is 12.0 Å². The molecule has 0 aliphatic heterocycles. The molecule has 116 valence electrons. The fraction of sp³-hybridized carbons (Fsp3) is 0.429. The van der Waals surface area contributed by atoms with Gasteiger partial charge in [-0.3, -0.25) is 0 Å². The van der Waals surface area contributed by atoms with Gasteiger partial charge in [-0.15, -0.1) is 0 Å². The number of nitrogens with one attached hydrogen (secondary N) is 1. The molecule has 0 saturated heterocycles. The van der Waals surface area contributed by atoms with Gasteiger partial charge >= 0.3 is 0 Å². The van der Waals surface area contributed by atoms with Crippen molar-refractivity contribution in [3.63, 3.8) is 0 Å². The summed E-state index contributed by atoms with van der Waals surface area (Å²) in [6, 6.07) is 22.6. The van der Waals surface area contributed by atoms with Crippen molar-refractivity contribution in [1.29, 1.82) is 0 Å². The van der Waals surface area contributed by atoms with Crippen LogP contribution in [0, 0.1) is 5.92 Å². The molecule has 1 aliphatic rings. The maximum absolute atomic E-state index is 3.78. The minimum Gasteiger partial charge on any atom is -0.314 e. The second kappa shape index (κ2) is 7.60. The molecule has 2 aromatic rings. The third-order valence-corrected chi connectivity index (χ3v) is 4.96. The Labute approximate surface area is 134 Å². The van der Waals surface area contributed by atoms with Crippen molar-refractivity contribution in [2.24, 2.45) is 5.92 Å². The van der Waals surface area contributed by atoms with Crippen LogP contribution in [0.1, 0.15) is 49.7 Å². The fourth-order valence-electron chi connectivity index (χ4n) is 3.72. The predicted molar refractivity (Wildman–Crippen MR) is 94.1 cm³/mol. The molecule has 0 spiro atoms. The highest BCUT2D eigenvalue weighted by atomic mass is 14.9. The molecule has 0 amide bonds. The number of hydrogen-bond donors (Lipinski definition) is 1. The minimum absolute atomic E-state index is 0.494. The predicted octanol–water partition coefficient (Wildman–Crippen LogP) is 4.99. The molecular formula is C21H27N. The normalized spacial score (nSPS) is 21.4. The Kier molecular flexibility index (Phi) is 5.29. The van der Waals surface area contributed by atoms with E-state index >= 15 is 0 Å². The van der Waals surface area contributed by atoms with Crippen LogP contribution in [0.4, 0.5) is 0 Å². The number of hydrogen-bond acceptors (Lipinski definition) is 1. The molecule has 0 radical (unpaired) electrons. The molecule has 1 saturated carbocycles. The summed E-state index contributed by atoms with van der Waals surface area (Å²) in [5.74, 6) is 1.39. The van der Waals surface area contributed by atoms with E-state index in [1.165, 1.54) is 36.8 Å². The zero-order valence-corrected chi connectivity index (χ0v) is 13.5. The van der Waals surface area contributed by atoms with Crippen LogP contribution in [0.5, 0.6) is 0 Å². The van der Waals surface area contributed by atoms with E-state index in [0.717, 1.165) is 18.5 Å². The van der Waals surface area contributed by atoms with Gasteiger partial charge in [0.15, 0.2) is 0 Å². The van der Waals surface area contributed by atoms with Crippen LogP contribution in [0.2, 0.25) is 0 Å². The lowest BCUT2D eigenvalue weighted by atomic mass is 9.88. The molecule has 0 aromatic heterocycles. The fourth-order valence-corrected chi connectivity index (χ4v) is 3.72. The molecule has 2 aromatic carbocycles. The molecule has 1 N–H and O–H groups in total. The van der Waals surface area contributed by atoms with Crippen molar-refractivity contribution in [2.75, 3.05) is 6.54 Å². The molecular weight excluding hydrogens is 266 g/mol. The SMILES string of the molecule is CC1CC[C@H](NCCC(c2ccccc2)c2ccccc2)C1. The van der Waals surface area contributed by atoms with E-state index in [2.05, 4.69) is 72.9 Å².